The number of aromatic nitrogens is 3. The van der Waals surface area contributed by atoms with Crippen molar-refractivity contribution in [1.29, 1.82) is 0 Å². The smallest absolute Gasteiger partial charge is 0.296 e. The van der Waals surface area contributed by atoms with Gasteiger partial charge in [-0.2, -0.15) is 9.78 Å². The van der Waals surface area contributed by atoms with E-state index in [1.165, 1.54) is 10.7 Å². The molecule has 0 spiro atoms. The zero-order chi connectivity index (χ0) is 19.3. The number of hydrogen-bond donors (Lipinski definition) is 0. The van der Waals surface area contributed by atoms with Gasteiger partial charge in [0.25, 0.3) is 5.56 Å². The lowest BCUT2D eigenvalue weighted by molar-refractivity contribution is 0.606. The summed E-state index contributed by atoms with van der Waals surface area (Å²) >= 11 is 0. The molecular weight excluding hydrogens is 353 g/mol. The molecule has 0 saturated carbocycles. The molecule has 0 aliphatic heterocycles. The first-order valence-electron chi connectivity index (χ1n) is 8.97. The Bertz CT molecular complexity index is 1400. The summed E-state index contributed by atoms with van der Waals surface area (Å²) < 4.78 is 17.5. The maximum Gasteiger partial charge on any atom is 0.296 e. The van der Waals surface area contributed by atoms with Crippen molar-refractivity contribution in [3.8, 4) is 16.9 Å². The Morgan fingerprint density at radius 2 is 1.54 bits per heavy atom. The largest absolute Gasteiger partial charge is 0.339 e. The molecule has 5 aromatic rings. The molecule has 0 aliphatic carbocycles. The molecule has 5 heteroatoms. The zero-order valence-electron chi connectivity index (χ0n) is 15.1. The molecule has 0 aliphatic rings. The number of para-hydroxylation sites is 2. The quantitative estimate of drug-likeness (QED) is 0.453. The predicted molar refractivity (Wildman–Crippen MR) is 109 cm³/mol. The highest BCUT2D eigenvalue weighted by atomic mass is 19.1. The summed E-state index contributed by atoms with van der Waals surface area (Å²) in [5.41, 5.74) is 2.73. The standard InChI is InChI=1S/C23H16FN3O/c1-26-18-13-7-5-11-16(18)20-21(15-9-3-2-4-10-15)25-27(23(28)22(20)26)19-14-8-6-12-17(19)24/h2-14H,1H3. The first-order chi connectivity index (χ1) is 13.7. The van der Waals surface area contributed by atoms with Crippen LogP contribution in [0.25, 0.3) is 38.8 Å². The Hall–Kier alpha value is -3.73. The zero-order valence-corrected chi connectivity index (χ0v) is 15.1. The van der Waals surface area contributed by atoms with Gasteiger partial charge in [0.05, 0.1) is 0 Å². The fourth-order valence-corrected chi connectivity index (χ4v) is 3.76. The summed E-state index contributed by atoms with van der Waals surface area (Å²) in [6.45, 7) is 0. The van der Waals surface area contributed by atoms with Crippen LogP contribution in [0.2, 0.25) is 0 Å². The third-order valence-electron chi connectivity index (χ3n) is 5.07. The van der Waals surface area contributed by atoms with Gasteiger partial charge in [0, 0.05) is 28.9 Å². The highest BCUT2D eigenvalue weighted by molar-refractivity contribution is 6.13. The molecular formula is C23H16FN3O. The molecule has 0 saturated heterocycles. The third-order valence-corrected chi connectivity index (χ3v) is 5.07. The average molecular weight is 369 g/mol. The molecule has 0 fully saturated rings. The van der Waals surface area contributed by atoms with Gasteiger partial charge < -0.3 is 4.57 Å². The number of fused-ring (bicyclic) bond motifs is 3. The maximum absolute atomic E-state index is 14.5. The van der Waals surface area contributed by atoms with Crippen LogP contribution in [0.1, 0.15) is 0 Å². The molecule has 4 nitrogen and oxygen atoms in total. The second-order valence-electron chi connectivity index (χ2n) is 6.68. The third kappa shape index (κ3) is 2.29. The van der Waals surface area contributed by atoms with Gasteiger partial charge in [0.15, 0.2) is 0 Å². The van der Waals surface area contributed by atoms with Crippen molar-refractivity contribution in [2.24, 2.45) is 7.05 Å². The van der Waals surface area contributed by atoms with Crippen LogP contribution in [-0.2, 0) is 7.05 Å². The molecule has 2 aromatic heterocycles. The summed E-state index contributed by atoms with van der Waals surface area (Å²) in [7, 11) is 1.85. The van der Waals surface area contributed by atoms with E-state index in [1.54, 1.807) is 18.2 Å². The minimum absolute atomic E-state index is 0.136. The summed E-state index contributed by atoms with van der Waals surface area (Å²) in [6.07, 6.45) is 0. The molecule has 0 unspecified atom stereocenters. The molecule has 3 aromatic carbocycles. The van der Waals surface area contributed by atoms with Gasteiger partial charge >= 0.3 is 0 Å². The molecule has 28 heavy (non-hydrogen) atoms. The number of hydrogen-bond acceptors (Lipinski definition) is 2. The van der Waals surface area contributed by atoms with Gasteiger partial charge in [-0.05, 0) is 18.2 Å². The first kappa shape index (κ1) is 16.4. The number of halogens is 1. The van der Waals surface area contributed by atoms with E-state index in [2.05, 4.69) is 5.10 Å². The Kier molecular flexibility index (Phi) is 3.62. The summed E-state index contributed by atoms with van der Waals surface area (Å²) in [5, 5.41) is 6.34. The van der Waals surface area contributed by atoms with E-state index in [4.69, 9.17) is 0 Å². The lowest BCUT2D eigenvalue weighted by Gasteiger charge is -2.11. The van der Waals surface area contributed by atoms with E-state index in [9.17, 15) is 9.18 Å². The van der Waals surface area contributed by atoms with E-state index >= 15 is 0 Å². The summed E-state index contributed by atoms with van der Waals surface area (Å²) in [4.78, 5) is 13.4. The van der Waals surface area contributed by atoms with Crippen molar-refractivity contribution < 1.29 is 4.39 Å². The Labute approximate surface area is 160 Å². The lowest BCUT2D eigenvalue weighted by Crippen LogP contribution is -2.24. The predicted octanol–water partition coefficient (Wildman–Crippen LogP) is 4.68. The summed E-state index contributed by atoms with van der Waals surface area (Å²) in [5.74, 6) is -0.491. The van der Waals surface area contributed by atoms with E-state index in [0.29, 0.717) is 11.2 Å². The molecule has 0 bridgehead atoms. The second kappa shape index (κ2) is 6.16. The van der Waals surface area contributed by atoms with Gasteiger partial charge in [0.2, 0.25) is 0 Å². The number of nitrogens with zero attached hydrogens (tertiary/aromatic N) is 3. The van der Waals surface area contributed by atoms with Gasteiger partial charge in [0.1, 0.15) is 22.7 Å². The minimum Gasteiger partial charge on any atom is -0.339 e. The lowest BCUT2D eigenvalue weighted by atomic mass is 10.1. The topological polar surface area (TPSA) is 39.8 Å². The molecule has 0 radical (unpaired) electrons. The van der Waals surface area contributed by atoms with E-state index in [0.717, 1.165) is 21.9 Å². The fraction of sp³-hybridized carbons (Fsp3) is 0.0435. The van der Waals surface area contributed by atoms with Crippen LogP contribution in [0.5, 0.6) is 0 Å². The molecule has 0 amide bonds. The van der Waals surface area contributed by atoms with Crippen LogP contribution >= 0.6 is 0 Å². The van der Waals surface area contributed by atoms with Crippen molar-refractivity contribution in [3.63, 3.8) is 0 Å². The molecule has 0 N–H and O–H groups in total. The van der Waals surface area contributed by atoms with E-state index in [-0.39, 0.29) is 11.2 Å². The van der Waals surface area contributed by atoms with Crippen molar-refractivity contribution in [2.75, 3.05) is 0 Å². The van der Waals surface area contributed by atoms with Crippen LogP contribution < -0.4 is 5.56 Å². The Morgan fingerprint density at radius 1 is 0.857 bits per heavy atom. The van der Waals surface area contributed by atoms with Crippen LogP contribution in [-0.4, -0.2) is 14.3 Å². The van der Waals surface area contributed by atoms with Gasteiger partial charge in [-0.3, -0.25) is 4.79 Å². The maximum atomic E-state index is 14.5. The number of aryl methyl sites for hydroxylation is 1. The molecule has 136 valence electrons. The highest BCUT2D eigenvalue weighted by Gasteiger charge is 2.21. The Morgan fingerprint density at radius 3 is 2.32 bits per heavy atom. The van der Waals surface area contributed by atoms with Crippen molar-refractivity contribution in [3.05, 3.63) is 95.0 Å². The monoisotopic (exact) mass is 369 g/mol. The first-order valence-corrected chi connectivity index (χ1v) is 8.97. The second-order valence-corrected chi connectivity index (χ2v) is 6.68. The van der Waals surface area contributed by atoms with Crippen LogP contribution in [0, 0.1) is 5.82 Å². The number of benzene rings is 3. The van der Waals surface area contributed by atoms with E-state index < -0.39 is 5.82 Å². The average Bonchev–Trinajstić information content (AvgIpc) is 3.03. The Balaban J connectivity index is 2.02. The molecule has 2 heterocycles. The SMILES string of the molecule is Cn1c2ccccc2c2c(-c3ccccc3)nn(-c3ccccc3F)c(=O)c21. The van der Waals surface area contributed by atoms with Crippen molar-refractivity contribution >= 4 is 21.8 Å². The van der Waals surface area contributed by atoms with E-state index in [1.807, 2.05) is 66.2 Å². The highest BCUT2D eigenvalue weighted by Crippen LogP contribution is 2.33. The van der Waals surface area contributed by atoms with Crippen molar-refractivity contribution in [2.45, 2.75) is 0 Å². The van der Waals surface area contributed by atoms with Crippen LogP contribution in [0.15, 0.2) is 83.7 Å². The van der Waals surface area contributed by atoms with Crippen LogP contribution in [0.3, 0.4) is 0 Å². The van der Waals surface area contributed by atoms with Gasteiger partial charge in [-0.25, -0.2) is 4.39 Å². The fourth-order valence-electron chi connectivity index (χ4n) is 3.76. The number of rotatable bonds is 2. The normalized spacial score (nSPS) is 11.4. The summed E-state index contributed by atoms with van der Waals surface area (Å²) in [6, 6.07) is 23.7. The van der Waals surface area contributed by atoms with Gasteiger partial charge in [-0.1, -0.05) is 60.7 Å². The molecule has 0 atom stereocenters. The van der Waals surface area contributed by atoms with Crippen molar-refractivity contribution in [1.82, 2.24) is 14.3 Å². The molecule has 5 rings (SSSR count). The minimum atomic E-state index is -0.491. The van der Waals surface area contributed by atoms with Gasteiger partial charge in [-0.15, -0.1) is 0 Å². The van der Waals surface area contributed by atoms with Crippen LogP contribution in [0.4, 0.5) is 4.39 Å².